The number of amides is 1. The molecule has 1 fully saturated rings. The van der Waals surface area contributed by atoms with Gasteiger partial charge in [-0.2, -0.15) is 0 Å². The SMILES string of the molecule is COCC(COC)N(C(=O)C1CCC(C)CC1)c1cc(C2=CCCCC2)sc1C=O. The summed E-state index contributed by atoms with van der Waals surface area (Å²) in [5, 5.41) is 0. The lowest BCUT2D eigenvalue weighted by molar-refractivity contribution is -0.124. The molecular formula is C24H35NO4S. The molecule has 2 aliphatic rings. The Labute approximate surface area is 184 Å². The first-order chi connectivity index (χ1) is 14.6. The van der Waals surface area contributed by atoms with Gasteiger partial charge in [-0.05, 0) is 68.9 Å². The van der Waals surface area contributed by atoms with Crippen molar-refractivity contribution in [2.45, 2.75) is 64.3 Å². The van der Waals surface area contributed by atoms with Gasteiger partial charge in [-0.3, -0.25) is 9.59 Å². The van der Waals surface area contributed by atoms with Gasteiger partial charge < -0.3 is 14.4 Å². The Bertz CT molecular complexity index is 742. The standard InChI is InChI=1S/C24H35NO4S/c1-17-9-11-19(12-10-17)24(27)25(20(15-28-2)16-29-3)21-13-22(30-23(21)14-26)18-7-5-4-6-8-18/h7,13-14,17,19-20H,4-6,8-12,15-16H2,1-3H3. The fraction of sp³-hybridized carbons (Fsp3) is 0.667. The van der Waals surface area contributed by atoms with Gasteiger partial charge in [-0.15, -0.1) is 11.3 Å². The van der Waals surface area contributed by atoms with Crippen molar-refractivity contribution in [1.29, 1.82) is 0 Å². The van der Waals surface area contributed by atoms with E-state index in [1.54, 1.807) is 14.2 Å². The van der Waals surface area contributed by atoms with Crippen LogP contribution in [0.5, 0.6) is 0 Å². The fourth-order valence-electron chi connectivity index (χ4n) is 4.67. The summed E-state index contributed by atoms with van der Waals surface area (Å²) >= 11 is 1.50. The maximum atomic E-state index is 13.7. The first-order valence-electron chi connectivity index (χ1n) is 11.2. The Hall–Kier alpha value is -1.50. The lowest BCUT2D eigenvalue weighted by atomic mass is 9.82. The number of anilines is 1. The topological polar surface area (TPSA) is 55.8 Å². The quantitative estimate of drug-likeness (QED) is 0.493. The molecule has 0 bridgehead atoms. The van der Waals surface area contributed by atoms with Crippen LogP contribution in [0.25, 0.3) is 5.57 Å². The lowest BCUT2D eigenvalue weighted by Crippen LogP contribution is -2.49. The van der Waals surface area contributed by atoms with Crippen LogP contribution in [0, 0.1) is 11.8 Å². The molecule has 0 saturated heterocycles. The van der Waals surface area contributed by atoms with Gasteiger partial charge in [0.25, 0.3) is 0 Å². The summed E-state index contributed by atoms with van der Waals surface area (Å²) in [5.41, 5.74) is 2.02. The van der Waals surface area contributed by atoms with Crippen LogP contribution in [0.2, 0.25) is 0 Å². The van der Waals surface area contributed by atoms with E-state index < -0.39 is 0 Å². The molecular weight excluding hydrogens is 398 g/mol. The van der Waals surface area contributed by atoms with E-state index in [-0.39, 0.29) is 17.9 Å². The molecule has 0 aliphatic heterocycles. The average molecular weight is 434 g/mol. The molecule has 1 heterocycles. The van der Waals surface area contributed by atoms with Crippen LogP contribution in [0.15, 0.2) is 12.1 Å². The predicted octanol–water partition coefficient (Wildman–Crippen LogP) is 5.34. The maximum absolute atomic E-state index is 13.7. The van der Waals surface area contributed by atoms with E-state index in [4.69, 9.17) is 9.47 Å². The molecule has 0 N–H and O–H groups in total. The maximum Gasteiger partial charge on any atom is 0.230 e. The minimum absolute atomic E-state index is 0.00541. The highest BCUT2D eigenvalue weighted by molar-refractivity contribution is 7.15. The van der Waals surface area contributed by atoms with Crippen molar-refractivity contribution in [3.05, 3.63) is 21.9 Å². The third-order valence-electron chi connectivity index (χ3n) is 6.40. The summed E-state index contributed by atoms with van der Waals surface area (Å²) in [5.74, 6) is 0.771. The van der Waals surface area contributed by atoms with Gasteiger partial charge in [0.05, 0.1) is 29.8 Å². The molecule has 0 atom stereocenters. The summed E-state index contributed by atoms with van der Waals surface area (Å²) in [6, 6.07) is 1.79. The molecule has 0 unspecified atom stereocenters. The van der Waals surface area contributed by atoms with Crippen LogP contribution in [0.1, 0.15) is 72.8 Å². The van der Waals surface area contributed by atoms with E-state index in [9.17, 15) is 9.59 Å². The van der Waals surface area contributed by atoms with Crippen molar-refractivity contribution >= 4 is 34.8 Å². The lowest BCUT2D eigenvalue weighted by Gasteiger charge is -2.35. The van der Waals surface area contributed by atoms with Gasteiger partial charge in [0.1, 0.15) is 0 Å². The molecule has 166 valence electrons. The monoisotopic (exact) mass is 433 g/mol. The minimum Gasteiger partial charge on any atom is -0.382 e. The first-order valence-corrected chi connectivity index (χ1v) is 12.0. The number of carbonyl (C=O) groups excluding carboxylic acids is 2. The molecule has 2 aliphatic carbocycles. The van der Waals surface area contributed by atoms with Gasteiger partial charge in [-0.25, -0.2) is 0 Å². The Morgan fingerprint density at radius 1 is 1.20 bits per heavy atom. The van der Waals surface area contributed by atoms with Crippen molar-refractivity contribution in [3.8, 4) is 0 Å². The third-order valence-corrected chi connectivity index (χ3v) is 7.53. The summed E-state index contributed by atoms with van der Waals surface area (Å²) in [7, 11) is 3.28. The molecule has 5 nitrogen and oxygen atoms in total. The molecule has 1 aromatic heterocycles. The van der Waals surface area contributed by atoms with Gasteiger partial charge in [0, 0.05) is 25.0 Å². The first kappa shape index (κ1) is 23.2. The molecule has 1 aromatic rings. The zero-order valence-electron chi connectivity index (χ0n) is 18.5. The number of aldehydes is 1. The van der Waals surface area contributed by atoms with Gasteiger partial charge in [-0.1, -0.05) is 13.0 Å². The second-order valence-corrected chi connectivity index (χ2v) is 9.77. The minimum atomic E-state index is -0.256. The van der Waals surface area contributed by atoms with Crippen LogP contribution in [-0.2, 0) is 14.3 Å². The largest absolute Gasteiger partial charge is 0.382 e. The van der Waals surface area contributed by atoms with Crippen molar-refractivity contribution in [3.63, 3.8) is 0 Å². The normalized spacial score (nSPS) is 22.1. The second-order valence-electron chi connectivity index (χ2n) is 8.68. The highest BCUT2D eigenvalue weighted by Gasteiger charge is 2.35. The van der Waals surface area contributed by atoms with E-state index in [0.29, 0.717) is 24.0 Å². The van der Waals surface area contributed by atoms with Crippen molar-refractivity contribution in [1.82, 2.24) is 0 Å². The number of nitrogens with zero attached hydrogens (tertiary/aromatic N) is 1. The van der Waals surface area contributed by atoms with Crippen molar-refractivity contribution in [2.75, 3.05) is 32.3 Å². The Morgan fingerprint density at radius 2 is 1.90 bits per heavy atom. The van der Waals surface area contributed by atoms with Crippen LogP contribution in [0.3, 0.4) is 0 Å². The number of allylic oxidation sites excluding steroid dienone is 2. The van der Waals surface area contributed by atoms with Crippen molar-refractivity contribution < 1.29 is 19.1 Å². The second kappa shape index (κ2) is 11.2. The van der Waals surface area contributed by atoms with Crippen LogP contribution in [-0.4, -0.2) is 45.7 Å². The van der Waals surface area contributed by atoms with E-state index in [0.717, 1.165) is 55.4 Å². The molecule has 30 heavy (non-hydrogen) atoms. The predicted molar refractivity (Wildman–Crippen MR) is 122 cm³/mol. The smallest absolute Gasteiger partial charge is 0.230 e. The van der Waals surface area contributed by atoms with Crippen LogP contribution >= 0.6 is 11.3 Å². The van der Waals surface area contributed by atoms with E-state index in [1.807, 2.05) is 11.0 Å². The molecule has 0 radical (unpaired) electrons. The van der Waals surface area contributed by atoms with Gasteiger partial charge in [0.15, 0.2) is 6.29 Å². The summed E-state index contributed by atoms with van der Waals surface area (Å²) < 4.78 is 10.9. The molecule has 6 heteroatoms. The number of ether oxygens (including phenoxy) is 2. The van der Waals surface area contributed by atoms with E-state index in [2.05, 4.69) is 13.0 Å². The van der Waals surface area contributed by atoms with Crippen LogP contribution in [0.4, 0.5) is 5.69 Å². The number of carbonyl (C=O) groups is 2. The highest BCUT2D eigenvalue weighted by atomic mass is 32.1. The number of hydrogen-bond acceptors (Lipinski definition) is 5. The van der Waals surface area contributed by atoms with Gasteiger partial charge >= 0.3 is 0 Å². The summed E-state index contributed by atoms with van der Waals surface area (Å²) in [6.45, 7) is 2.99. The zero-order valence-corrected chi connectivity index (χ0v) is 19.3. The number of methoxy groups -OCH3 is 2. The van der Waals surface area contributed by atoms with Crippen molar-refractivity contribution in [2.24, 2.45) is 11.8 Å². The Kier molecular flexibility index (Phi) is 8.66. The van der Waals surface area contributed by atoms with Gasteiger partial charge in [0.2, 0.25) is 5.91 Å². The zero-order chi connectivity index (χ0) is 21.5. The molecule has 0 spiro atoms. The summed E-state index contributed by atoms with van der Waals surface area (Å²) in [6.07, 6.45) is 11.6. The van der Waals surface area contributed by atoms with E-state index >= 15 is 0 Å². The van der Waals surface area contributed by atoms with Crippen LogP contribution < -0.4 is 4.90 Å². The molecule has 1 amide bonds. The number of rotatable bonds is 9. The summed E-state index contributed by atoms with van der Waals surface area (Å²) in [4.78, 5) is 29.3. The average Bonchev–Trinajstić information content (AvgIpc) is 3.19. The Balaban J connectivity index is 1.98. The fourth-order valence-corrected chi connectivity index (χ4v) is 5.70. The highest BCUT2D eigenvalue weighted by Crippen LogP contribution is 2.39. The third kappa shape index (κ3) is 5.40. The number of hydrogen-bond donors (Lipinski definition) is 0. The molecule has 3 rings (SSSR count). The van der Waals surface area contributed by atoms with E-state index in [1.165, 1.54) is 29.8 Å². The molecule has 0 aromatic carbocycles. The Morgan fingerprint density at radius 3 is 2.47 bits per heavy atom. The molecule has 1 saturated carbocycles. The number of thiophene rings is 1.